The Morgan fingerprint density at radius 1 is 1.05 bits per heavy atom. The van der Waals surface area contributed by atoms with Gasteiger partial charge in [-0.3, -0.25) is 0 Å². The monoisotopic (exact) mass is 354 g/mol. The Labute approximate surface area is 129 Å². The predicted molar refractivity (Wildman–Crippen MR) is 80.0 cm³/mol. The topological polar surface area (TPSA) is 79.2 Å². The van der Waals surface area contributed by atoms with Gasteiger partial charge in [-0.2, -0.15) is 0 Å². The van der Waals surface area contributed by atoms with E-state index in [-0.39, 0.29) is 6.61 Å². The number of hydrogen-bond acceptors (Lipinski definition) is 5. The molecular formula is C15H15BrO5. The van der Waals surface area contributed by atoms with Crippen molar-refractivity contribution < 1.29 is 24.8 Å². The number of aliphatic hydroxyl groups excluding tert-OH is 3. The largest absolute Gasteiger partial charge is 0.462 e. The Bertz CT molecular complexity index is 647. The average molecular weight is 355 g/mol. The van der Waals surface area contributed by atoms with Crippen molar-refractivity contribution in [2.45, 2.75) is 24.6 Å². The molecule has 2 aromatic carbocycles. The predicted octanol–water partition coefficient (Wildman–Crippen LogP) is 1.42. The number of ether oxygens (including phenoxy) is 2. The zero-order chi connectivity index (χ0) is 15.0. The van der Waals surface area contributed by atoms with Gasteiger partial charge >= 0.3 is 0 Å². The molecule has 3 N–H and O–H groups in total. The number of fused-ring (bicyclic) bond motifs is 1. The van der Waals surface area contributed by atoms with Crippen LogP contribution in [-0.2, 0) is 4.74 Å². The summed E-state index contributed by atoms with van der Waals surface area (Å²) in [5.74, 6) is 0.527. The van der Waals surface area contributed by atoms with Gasteiger partial charge in [0.2, 0.25) is 6.29 Å². The molecule has 112 valence electrons. The van der Waals surface area contributed by atoms with Crippen molar-refractivity contribution in [1.29, 1.82) is 0 Å². The number of benzene rings is 2. The summed E-state index contributed by atoms with van der Waals surface area (Å²) in [5, 5.41) is 30.6. The highest BCUT2D eigenvalue weighted by Crippen LogP contribution is 2.28. The quantitative estimate of drug-likeness (QED) is 0.776. The summed E-state index contributed by atoms with van der Waals surface area (Å²) in [5.41, 5.74) is 0. The molecule has 1 aliphatic rings. The van der Waals surface area contributed by atoms with Crippen molar-refractivity contribution >= 4 is 26.7 Å². The van der Waals surface area contributed by atoms with E-state index in [2.05, 4.69) is 15.9 Å². The minimum Gasteiger partial charge on any atom is -0.462 e. The normalized spacial score (nSPS) is 29.0. The molecule has 1 fully saturated rings. The van der Waals surface area contributed by atoms with Crippen LogP contribution in [0.2, 0.25) is 0 Å². The fourth-order valence-electron chi connectivity index (χ4n) is 2.36. The number of aliphatic hydroxyl groups is 3. The van der Waals surface area contributed by atoms with E-state index < -0.39 is 24.6 Å². The van der Waals surface area contributed by atoms with Crippen LogP contribution >= 0.6 is 15.9 Å². The number of rotatable bonds is 3. The molecule has 21 heavy (non-hydrogen) atoms. The molecule has 0 bridgehead atoms. The minimum atomic E-state index is -1.19. The van der Waals surface area contributed by atoms with Crippen LogP contribution in [-0.4, -0.2) is 46.5 Å². The minimum absolute atomic E-state index is 0.371. The number of hydrogen-bond donors (Lipinski definition) is 3. The Hall–Kier alpha value is -1.18. The van der Waals surface area contributed by atoms with Crippen LogP contribution in [0.25, 0.3) is 10.8 Å². The number of halogens is 1. The maximum absolute atomic E-state index is 9.85. The summed E-state index contributed by atoms with van der Waals surface area (Å²) in [6.45, 7) is -0.371. The van der Waals surface area contributed by atoms with Gasteiger partial charge in [-0.05, 0) is 35.0 Å². The van der Waals surface area contributed by atoms with Gasteiger partial charge < -0.3 is 24.8 Å². The molecule has 1 heterocycles. The first-order valence-electron chi connectivity index (χ1n) is 6.57. The lowest BCUT2D eigenvalue weighted by Crippen LogP contribution is -2.35. The SMILES string of the molecule is OC[C@@H]1O[C@H](Oc2ccc3cc(Br)ccc3c2)[C@@H](O)[C@@H]1O. The van der Waals surface area contributed by atoms with Crippen molar-refractivity contribution in [3.63, 3.8) is 0 Å². The lowest BCUT2D eigenvalue weighted by atomic mass is 10.1. The van der Waals surface area contributed by atoms with E-state index in [1.54, 1.807) is 6.07 Å². The van der Waals surface area contributed by atoms with Gasteiger partial charge in [0.25, 0.3) is 0 Å². The van der Waals surface area contributed by atoms with Gasteiger partial charge in [0.05, 0.1) is 6.61 Å². The molecule has 0 saturated carbocycles. The summed E-state index contributed by atoms with van der Waals surface area (Å²) >= 11 is 3.42. The molecule has 0 aromatic heterocycles. The van der Waals surface area contributed by atoms with E-state index in [4.69, 9.17) is 14.6 Å². The highest BCUT2D eigenvalue weighted by molar-refractivity contribution is 9.10. The standard InChI is InChI=1S/C15H15BrO5/c16-10-3-1-9-6-11(4-2-8(9)5-10)20-15-14(19)13(18)12(7-17)21-15/h1-6,12-15,17-19H,7H2/t12-,13+,14-,15-/m0/s1. The van der Waals surface area contributed by atoms with Gasteiger partial charge in [0.1, 0.15) is 24.1 Å². The fourth-order valence-corrected chi connectivity index (χ4v) is 2.74. The highest BCUT2D eigenvalue weighted by atomic mass is 79.9. The van der Waals surface area contributed by atoms with E-state index in [1.807, 2.05) is 30.3 Å². The zero-order valence-electron chi connectivity index (χ0n) is 11.0. The highest BCUT2D eigenvalue weighted by Gasteiger charge is 2.43. The molecule has 3 rings (SSSR count). The lowest BCUT2D eigenvalue weighted by molar-refractivity contribution is -0.116. The van der Waals surface area contributed by atoms with Crippen LogP contribution in [0, 0.1) is 0 Å². The maximum Gasteiger partial charge on any atom is 0.229 e. The van der Waals surface area contributed by atoms with E-state index in [9.17, 15) is 10.2 Å². The smallest absolute Gasteiger partial charge is 0.229 e. The van der Waals surface area contributed by atoms with Gasteiger partial charge in [-0.15, -0.1) is 0 Å². The van der Waals surface area contributed by atoms with Crippen molar-refractivity contribution in [2.24, 2.45) is 0 Å². The first-order chi connectivity index (χ1) is 10.1. The molecule has 0 amide bonds. The third kappa shape index (κ3) is 2.90. The Balaban J connectivity index is 1.80. The van der Waals surface area contributed by atoms with E-state index in [1.165, 1.54) is 0 Å². The van der Waals surface area contributed by atoms with Gasteiger partial charge in [0.15, 0.2) is 0 Å². The van der Waals surface area contributed by atoms with Crippen molar-refractivity contribution in [3.8, 4) is 5.75 Å². The van der Waals surface area contributed by atoms with Crippen LogP contribution in [0.15, 0.2) is 40.9 Å². The third-order valence-corrected chi connectivity index (χ3v) is 4.02. The van der Waals surface area contributed by atoms with Gasteiger partial charge in [0, 0.05) is 4.47 Å². The Morgan fingerprint density at radius 3 is 2.48 bits per heavy atom. The lowest BCUT2D eigenvalue weighted by Gasteiger charge is -2.17. The molecule has 0 radical (unpaired) electrons. The molecule has 0 spiro atoms. The molecule has 1 aliphatic heterocycles. The van der Waals surface area contributed by atoms with Crippen molar-refractivity contribution in [3.05, 3.63) is 40.9 Å². The van der Waals surface area contributed by atoms with E-state index in [0.717, 1.165) is 15.2 Å². The summed E-state index contributed by atoms with van der Waals surface area (Å²) in [7, 11) is 0. The van der Waals surface area contributed by atoms with E-state index in [0.29, 0.717) is 5.75 Å². The van der Waals surface area contributed by atoms with Crippen molar-refractivity contribution in [2.75, 3.05) is 6.61 Å². The maximum atomic E-state index is 9.85. The molecule has 4 atom stereocenters. The molecule has 5 nitrogen and oxygen atoms in total. The van der Waals surface area contributed by atoms with Crippen LogP contribution in [0.4, 0.5) is 0 Å². The third-order valence-electron chi connectivity index (χ3n) is 3.52. The van der Waals surface area contributed by atoms with Crippen LogP contribution in [0.3, 0.4) is 0 Å². The Kier molecular flexibility index (Phi) is 4.14. The molecule has 0 aliphatic carbocycles. The summed E-state index contributed by atoms with van der Waals surface area (Å²) in [6, 6.07) is 11.4. The molecular weight excluding hydrogens is 340 g/mol. The van der Waals surface area contributed by atoms with E-state index >= 15 is 0 Å². The fraction of sp³-hybridized carbons (Fsp3) is 0.333. The summed E-state index contributed by atoms with van der Waals surface area (Å²) in [4.78, 5) is 0. The second kappa shape index (κ2) is 5.90. The van der Waals surface area contributed by atoms with Gasteiger partial charge in [-0.25, -0.2) is 0 Å². The first-order valence-corrected chi connectivity index (χ1v) is 7.36. The second-order valence-electron chi connectivity index (χ2n) is 4.98. The van der Waals surface area contributed by atoms with Crippen molar-refractivity contribution in [1.82, 2.24) is 0 Å². The van der Waals surface area contributed by atoms with Crippen LogP contribution in [0.1, 0.15) is 0 Å². The Morgan fingerprint density at radius 2 is 1.76 bits per heavy atom. The van der Waals surface area contributed by atoms with Crippen LogP contribution in [0.5, 0.6) is 5.75 Å². The molecule has 1 saturated heterocycles. The first kappa shape index (κ1) is 14.7. The molecule has 0 unspecified atom stereocenters. The average Bonchev–Trinajstić information content (AvgIpc) is 2.75. The van der Waals surface area contributed by atoms with Crippen LogP contribution < -0.4 is 4.74 Å². The molecule has 6 heteroatoms. The summed E-state index contributed by atoms with van der Waals surface area (Å²) < 4.78 is 11.9. The zero-order valence-corrected chi connectivity index (χ0v) is 12.6. The second-order valence-corrected chi connectivity index (χ2v) is 5.89. The molecule has 2 aromatic rings. The summed E-state index contributed by atoms with van der Waals surface area (Å²) in [6.07, 6.45) is -4.18. The van der Waals surface area contributed by atoms with Gasteiger partial charge in [-0.1, -0.05) is 28.1 Å².